The highest BCUT2D eigenvalue weighted by Gasteiger charge is 2.15. The Morgan fingerprint density at radius 2 is 2.07 bits per heavy atom. The van der Waals surface area contributed by atoms with Gasteiger partial charge in [-0.1, -0.05) is 17.3 Å². The Hall–Kier alpha value is -3.49. The number of nitrogens with zero attached hydrogens (tertiary/aromatic N) is 3. The van der Waals surface area contributed by atoms with Gasteiger partial charge in [-0.25, -0.2) is 4.98 Å². The lowest BCUT2D eigenvalue weighted by Gasteiger charge is -2.16. The minimum absolute atomic E-state index is 0.119. The number of H-pyrrole nitrogens is 1. The molecule has 2 amide bonds. The van der Waals surface area contributed by atoms with E-state index >= 15 is 0 Å². The number of benzene rings is 1. The van der Waals surface area contributed by atoms with Gasteiger partial charge in [-0.3, -0.25) is 14.4 Å². The molecule has 0 aliphatic carbocycles. The van der Waals surface area contributed by atoms with Gasteiger partial charge in [-0.15, -0.1) is 0 Å². The van der Waals surface area contributed by atoms with Gasteiger partial charge in [-0.2, -0.15) is 0 Å². The van der Waals surface area contributed by atoms with Crippen LogP contribution in [0.5, 0.6) is 0 Å². The average molecular weight is 369 g/mol. The van der Waals surface area contributed by atoms with Crippen molar-refractivity contribution in [1.29, 1.82) is 0 Å². The van der Waals surface area contributed by atoms with Gasteiger partial charge in [0, 0.05) is 26.0 Å². The molecule has 0 saturated heterocycles. The summed E-state index contributed by atoms with van der Waals surface area (Å²) in [6, 6.07) is 8.59. The number of aromatic nitrogens is 3. The second-order valence-corrected chi connectivity index (χ2v) is 6.15. The largest absolute Gasteiger partial charge is 0.360 e. The zero-order chi connectivity index (χ0) is 19.4. The van der Waals surface area contributed by atoms with E-state index in [1.165, 1.54) is 11.9 Å². The van der Waals surface area contributed by atoms with E-state index in [4.69, 9.17) is 4.52 Å². The molecule has 2 aromatic heterocycles. The van der Waals surface area contributed by atoms with E-state index in [1.807, 2.05) is 0 Å². The highest BCUT2D eigenvalue weighted by molar-refractivity contribution is 5.93. The summed E-state index contributed by atoms with van der Waals surface area (Å²) in [5.74, 6) is 0.694. The van der Waals surface area contributed by atoms with Crippen molar-refractivity contribution in [2.75, 3.05) is 18.9 Å². The quantitative estimate of drug-likeness (QED) is 0.674. The van der Waals surface area contributed by atoms with Crippen molar-refractivity contribution in [2.45, 2.75) is 19.8 Å². The van der Waals surface area contributed by atoms with Crippen molar-refractivity contribution in [3.05, 3.63) is 52.3 Å². The van der Waals surface area contributed by atoms with Crippen LogP contribution >= 0.6 is 0 Å². The van der Waals surface area contributed by atoms with Gasteiger partial charge in [0.05, 0.1) is 17.4 Å². The van der Waals surface area contributed by atoms with E-state index in [1.54, 1.807) is 37.3 Å². The normalized spacial score (nSPS) is 10.7. The number of anilines is 1. The molecule has 2 N–H and O–H groups in total. The smallest absolute Gasteiger partial charge is 0.258 e. The maximum atomic E-state index is 12.2. The Bertz CT molecular complexity index is 1040. The van der Waals surface area contributed by atoms with Gasteiger partial charge in [0.1, 0.15) is 11.6 Å². The van der Waals surface area contributed by atoms with E-state index in [0.29, 0.717) is 28.3 Å². The third kappa shape index (κ3) is 4.57. The lowest BCUT2D eigenvalue weighted by molar-refractivity contribution is -0.133. The average Bonchev–Trinajstić information content (AvgIpc) is 3.04. The van der Waals surface area contributed by atoms with Gasteiger partial charge in [0.15, 0.2) is 5.82 Å². The molecule has 2 heterocycles. The molecule has 9 heteroatoms. The Kier molecular flexibility index (Phi) is 5.30. The molecule has 3 aromatic rings. The topological polar surface area (TPSA) is 121 Å². The van der Waals surface area contributed by atoms with E-state index in [0.717, 1.165) is 0 Å². The van der Waals surface area contributed by atoms with Crippen LogP contribution in [-0.4, -0.2) is 45.4 Å². The number of nitrogens with one attached hydrogen (secondary N) is 2. The standard InChI is InChI=1S/C18H19N5O4/c1-11-9-15(22-27-11)20-16(24)10-23(2)17(25)8-7-14-19-13-6-4-3-5-12(13)18(26)21-14/h3-6,9H,7-8,10H2,1-2H3,(H,19,21,26)(H,20,22,24). The van der Waals surface area contributed by atoms with Crippen LogP contribution in [0.15, 0.2) is 39.6 Å². The lowest BCUT2D eigenvalue weighted by Crippen LogP contribution is -2.35. The minimum Gasteiger partial charge on any atom is -0.360 e. The number of aryl methyl sites for hydroxylation is 2. The Balaban J connectivity index is 1.55. The number of carbonyl (C=O) groups is 2. The van der Waals surface area contributed by atoms with Crippen molar-refractivity contribution < 1.29 is 14.1 Å². The predicted molar refractivity (Wildman–Crippen MR) is 98.2 cm³/mol. The summed E-state index contributed by atoms with van der Waals surface area (Å²) in [6.45, 7) is 1.59. The van der Waals surface area contributed by atoms with Crippen molar-refractivity contribution in [3.63, 3.8) is 0 Å². The molecule has 0 spiro atoms. The summed E-state index contributed by atoms with van der Waals surface area (Å²) in [6.07, 6.45) is 0.390. The van der Waals surface area contributed by atoms with Crippen LogP contribution in [0.2, 0.25) is 0 Å². The van der Waals surface area contributed by atoms with Crippen LogP contribution in [0.3, 0.4) is 0 Å². The molecule has 0 aliphatic heterocycles. The van der Waals surface area contributed by atoms with Gasteiger partial charge in [-0.05, 0) is 19.1 Å². The van der Waals surface area contributed by atoms with Gasteiger partial charge in [0.25, 0.3) is 5.56 Å². The van der Waals surface area contributed by atoms with Crippen LogP contribution in [0.25, 0.3) is 10.9 Å². The first-order valence-corrected chi connectivity index (χ1v) is 8.37. The van der Waals surface area contributed by atoms with Gasteiger partial charge >= 0.3 is 0 Å². The first-order chi connectivity index (χ1) is 12.9. The number of hydrogen-bond acceptors (Lipinski definition) is 6. The third-order valence-corrected chi connectivity index (χ3v) is 3.94. The highest BCUT2D eigenvalue weighted by Crippen LogP contribution is 2.08. The van der Waals surface area contributed by atoms with Gasteiger partial charge < -0.3 is 19.7 Å². The first-order valence-electron chi connectivity index (χ1n) is 8.37. The molecular weight excluding hydrogens is 350 g/mol. The zero-order valence-corrected chi connectivity index (χ0v) is 15.0. The number of amides is 2. The molecule has 9 nitrogen and oxygen atoms in total. The van der Waals surface area contributed by atoms with Crippen LogP contribution in [0.1, 0.15) is 18.0 Å². The van der Waals surface area contributed by atoms with Crippen LogP contribution < -0.4 is 10.9 Å². The maximum absolute atomic E-state index is 12.2. The monoisotopic (exact) mass is 369 g/mol. The fourth-order valence-electron chi connectivity index (χ4n) is 2.58. The summed E-state index contributed by atoms with van der Waals surface area (Å²) in [7, 11) is 1.53. The molecule has 0 bridgehead atoms. The van der Waals surface area contributed by atoms with Crippen LogP contribution in [0, 0.1) is 6.92 Å². The summed E-state index contributed by atoms with van der Waals surface area (Å²) < 4.78 is 4.86. The molecule has 0 aliphatic rings. The summed E-state index contributed by atoms with van der Waals surface area (Å²) in [5, 5.41) is 6.72. The van der Waals surface area contributed by atoms with Crippen molar-refractivity contribution in [3.8, 4) is 0 Å². The van der Waals surface area contributed by atoms with Crippen molar-refractivity contribution in [1.82, 2.24) is 20.0 Å². The first kappa shape index (κ1) is 18.3. The van der Waals surface area contributed by atoms with E-state index in [9.17, 15) is 14.4 Å². The fraction of sp³-hybridized carbons (Fsp3) is 0.278. The fourth-order valence-corrected chi connectivity index (χ4v) is 2.58. The van der Waals surface area contributed by atoms with E-state index in [2.05, 4.69) is 20.4 Å². The van der Waals surface area contributed by atoms with Crippen LogP contribution in [0.4, 0.5) is 5.82 Å². The Morgan fingerprint density at radius 1 is 1.30 bits per heavy atom. The van der Waals surface area contributed by atoms with Crippen LogP contribution in [-0.2, 0) is 16.0 Å². The second kappa shape index (κ2) is 7.81. The molecular formula is C18H19N5O4. The number of rotatable bonds is 6. The second-order valence-electron chi connectivity index (χ2n) is 6.15. The maximum Gasteiger partial charge on any atom is 0.258 e. The minimum atomic E-state index is -0.378. The SMILES string of the molecule is Cc1cc(NC(=O)CN(C)C(=O)CCc2nc3ccccc3c(=O)[nH]2)no1. The Labute approximate surface area is 154 Å². The molecule has 27 heavy (non-hydrogen) atoms. The third-order valence-electron chi connectivity index (χ3n) is 3.94. The molecule has 140 valence electrons. The summed E-state index contributed by atoms with van der Waals surface area (Å²) in [4.78, 5) is 44.6. The van der Waals surface area contributed by atoms with E-state index < -0.39 is 0 Å². The highest BCUT2D eigenvalue weighted by atomic mass is 16.5. The van der Waals surface area contributed by atoms with Crippen molar-refractivity contribution in [2.24, 2.45) is 0 Å². The number of likely N-dealkylation sites (N-methyl/N-ethyl adjacent to an activating group) is 1. The molecule has 1 aromatic carbocycles. The van der Waals surface area contributed by atoms with Gasteiger partial charge in [0.2, 0.25) is 11.8 Å². The van der Waals surface area contributed by atoms with E-state index in [-0.39, 0.29) is 36.8 Å². The molecule has 3 rings (SSSR count). The summed E-state index contributed by atoms with van der Waals surface area (Å²) >= 11 is 0. The Morgan fingerprint density at radius 3 is 2.81 bits per heavy atom. The lowest BCUT2D eigenvalue weighted by atomic mass is 10.2. The molecule has 0 radical (unpaired) electrons. The number of carbonyl (C=O) groups excluding carboxylic acids is 2. The number of fused-ring (bicyclic) bond motifs is 1. The zero-order valence-electron chi connectivity index (χ0n) is 15.0. The number of hydrogen-bond donors (Lipinski definition) is 2. The summed E-state index contributed by atoms with van der Waals surface area (Å²) in [5.41, 5.74) is 0.345. The predicted octanol–water partition coefficient (Wildman–Crippen LogP) is 1.25. The molecule has 0 atom stereocenters. The molecule has 0 saturated carbocycles. The molecule has 0 fully saturated rings. The number of para-hydroxylation sites is 1. The molecule has 0 unspecified atom stereocenters. The number of aromatic amines is 1. The van der Waals surface area contributed by atoms with Crippen molar-refractivity contribution >= 4 is 28.5 Å².